The second-order valence-corrected chi connectivity index (χ2v) is 16.4. The maximum atomic E-state index is 6.70. The number of benzene rings is 8. The van der Waals surface area contributed by atoms with Crippen molar-refractivity contribution in [1.82, 2.24) is 19.9 Å². The van der Waals surface area contributed by atoms with Crippen LogP contribution in [0.3, 0.4) is 0 Å². The smallest absolute Gasteiger partial charge is 0.0894 e. The fraction of sp³-hybridized carbons (Fsp3) is 0. The quantitative estimate of drug-likeness (QED) is 0.150. The molecule has 13 rings (SSSR count). The molecule has 4 heteroatoms. The van der Waals surface area contributed by atoms with Crippen molar-refractivity contribution in [2.24, 2.45) is 0 Å². The number of rotatable bonds is 0. The summed E-state index contributed by atoms with van der Waals surface area (Å²) in [5.74, 6) is 12.4. The number of nitrogens with one attached hydrogen (secondary N) is 2. The Kier molecular flexibility index (Phi) is 7.25. The van der Waals surface area contributed by atoms with Gasteiger partial charge in [0.15, 0.2) is 0 Å². The van der Waals surface area contributed by atoms with E-state index in [0.29, 0.717) is 45.0 Å². The molecule has 0 unspecified atom stereocenters. The Morgan fingerprint density at radius 1 is 0.297 bits per heavy atom. The van der Waals surface area contributed by atoms with Gasteiger partial charge in [0.2, 0.25) is 0 Å². The standard InChI is InChI=1S/C60H30N4/c1-5-41-53-45-25-33-17-9-11-19-35(33)27-47(45)55(61-53)42(6-2)57-49-29-37-21-13-15-23-39(37)31-51(49)59(63-57)44(8-4)60-52-32-40-24-16-14-22-38(40)30-50(52)58(64-60)43(7-3)56-48-28-36-20-12-10-18-34(36)26-46(48)54(41)62-56/h1-4,9-32,61,64H. The lowest BCUT2D eigenvalue weighted by molar-refractivity contribution is 1.38. The van der Waals surface area contributed by atoms with Crippen molar-refractivity contribution in [2.45, 2.75) is 0 Å². The van der Waals surface area contributed by atoms with E-state index >= 15 is 0 Å². The predicted octanol–water partition coefficient (Wildman–Crippen LogP) is 13.8. The third kappa shape index (κ3) is 4.83. The first-order valence-corrected chi connectivity index (χ1v) is 21.0. The molecule has 4 nitrogen and oxygen atoms in total. The van der Waals surface area contributed by atoms with E-state index in [1.165, 1.54) is 0 Å². The molecule has 0 saturated carbocycles. The molecule has 0 spiro atoms. The van der Waals surface area contributed by atoms with Gasteiger partial charge >= 0.3 is 0 Å². The average molecular weight is 807 g/mol. The molecule has 11 aromatic rings. The molecule has 0 saturated heterocycles. The van der Waals surface area contributed by atoms with Gasteiger partial charge in [-0.05, 0) is 91.6 Å². The average Bonchev–Trinajstić information content (AvgIpc) is 4.09. The Morgan fingerprint density at radius 3 is 0.703 bits per heavy atom. The Hall–Kier alpha value is -9.32. The van der Waals surface area contributed by atoms with Crippen molar-refractivity contribution in [3.05, 3.63) is 168 Å². The van der Waals surface area contributed by atoms with E-state index < -0.39 is 0 Å². The van der Waals surface area contributed by atoms with Crippen LogP contribution in [-0.4, -0.2) is 19.9 Å². The van der Waals surface area contributed by atoms with E-state index in [2.05, 4.69) is 131 Å². The van der Waals surface area contributed by atoms with E-state index in [4.69, 9.17) is 35.7 Å². The molecule has 8 bridgehead atoms. The zero-order valence-corrected chi connectivity index (χ0v) is 34.1. The van der Waals surface area contributed by atoms with Crippen LogP contribution in [0, 0.1) is 49.4 Å². The minimum absolute atomic E-state index is 0.580. The highest BCUT2D eigenvalue weighted by molar-refractivity contribution is 6.19. The molecule has 0 radical (unpaired) electrons. The Bertz CT molecular complexity index is 3810. The van der Waals surface area contributed by atoms with Gasteiger partial charge in [-0.25, -0.2) is 9.97 Å². The van der Waals surface area contributed by atoms with Crippen LogP contribution in [0.15, 0.2) is 146 Å². The van der Waals surface area contributed by atoms with Crippen LogP contribution in [0.5, 0.6) is 0 Å². The summed E-state index contributed by atoms with van der Waals surface area (Å²) < 4.78 is 0. The summed E-state index contributed by atoms with van der Waals surface area (Å²) in [6.45, 7) is 0. The molecule has 0 atom stereocenters. The van der Waals surface area contributed by atoms with Gasteiger partial charge in [0.05, 0.1) is 67.1 Å². The lowest BCUT2D eigenvalue weighted by Crippen LogP contribution is -1.86. The highest BCUT2D eigenvalue weighted by atomic mass is 14.8. The third-order valence-electron chi connectivity index (χ3n) is 13.1. The molecule has 290 valence electrons. The Morgan fingerprint density at radius 2 is 0.500 bits per heavy atom. The van der Waals surface area contributed by atoms with Crippen LogP contribution >= 0.6 is 0 Å². The molecule has 2 aliphatic heterocycles. The molecule has 5 heterocycles. The summed E-state index contributed by atoms with van der Waals surface area (Å²) >= 11 is 0. The van der Waals surface area contributed by atoms with Crippen LogP contribution in [0.2, 0.25) is 0 Å². The van der Waals surface area contributed by atoms with Gasteiger partial charge in [0, 0.05) is 43.8 Å². The Balaban J connectivity index is 1.35. The van der Waals surface area contributed by atoms with Gasteiger partial charge in [-0.15, -0.1) is 25.7 Å². The van der Waals surface area contributed by atoms with Gasteiger partial charge in [-0.3, -0.25) is 0 Å². The first-order chi connectivity index (χ1) is 31.5. The van der Waals surface area contributed by atoms with Gasteiger partial charge in [0.25, 0.3) is 0 Å². The first kappa shape index (κ1) is 35.4. The van der Waals surface area contributed by atoms with Crippen LogP contribution in [0.1, 0.15) is 22.3 Å². The highest BCUT2D eigenvalue weighted by Gasteiger charge is 2.28. The van der Waals surface area contributed by atoms with E-state index in [1.54, 1.807) is 0 Å². The monoisotopic (exact) mass is 806 g/mol. The topological polar surface area (TPSA) is 57.4 Å². The largest absolute Gasteiger partial charge is 0.352 e. The molecule has 8 aromatic carbocycles. The minimum Gasteiger partial charge on any atom is -0.352 e. The first-order valence-electron chi connectivity index (χ1n) is 21.0. The fourth-order valence-electron chi connectivity index (χ4n) is 10.1. The number of H-pyrrole nitrogens is 2. The van der Waals surface area contributed by atoms with Crippen LogP contribution in [0.4, 0.5) is 0 Å². The number of hydrogen-bond donors (Lipinski definition) is 2. The van der Waals surface area contributed by atoms with Gasteiger partial charge in [-0.2, -0.15) is 0 Å². The van der Waals surface area contributed by atoms with Crippen molar-refractivity contribution in [3.63, 3.8) is 0 Å². The second kappa shape index (κ2) is 13.1. The van der Waals surface area contributed by atoms with Gasteiger partial charge in [0.1, 0.15) is 0 Å². The highest BCUT2D eigenvalue weighted by Crippen LogP contribution is 2.47. The maximum Gasteiger partial charge on any atom is 0.0894 e. The van der Waals surface area contributed by atoms with E-state index in [9.17, 15) is 0 Å². The summed E-state index contributed by atoms with van der Waals surface area (Å²) in [4.78, 5) is 18.6. The number of nitrogens with zero attached hydrogens (tertiary/aromatic N) is 2. The minimum atomic E-state index is 0.580. The molecule has 0 aliphatic carbocycles. The molecule has 3 aromatic heterocycles. The number of aromatic amines is 2. The number of fused-ring (bicyclic) bond motifs is 24. The number of hydrogen-bond acceptors (Lipinski definition) is 2. The van der Waals surface area contributed by atoms with Crippen molar-refractivity contribution < 1.29 is 0 Å². The Labute approximate surface area is 367 Å². The molecular weight excluding hydrogens is 777 g/mol. The summed E-state index contributed by atoms with van der Waals surface area (Å²) in [5, 5.41) is 12.1. The second-order valence-electron chi connectivity index (χ2n) is 16.4. The molecule has 2 N–H and O–H groups in total. The number of aromatic nitrogens is 4. The SMILES string of the molecule is C#Cc1c2nc(c(C#C)c3[nH]c(c(C#C)c4nc(c(C#C)c5[nH]c1c1cc6ccccc6cc51)-c1cc5ccccc5cc1-4)c1cc4ccccc4cc31)-c1cc3ccccc3cc1-2. The van der Waals surface area contributed by atoms with Gasteiger partial charge in [-0.1, -0.05) is 121 Å². The van der Waals surface area contributed by atoms with Crippen LogP contribution < -0.4 is 0 Å². The predicted molar refractivity (Wildman–Crippen MR) is 267 cm³/mol. The summed E-state index contributed by atoms with van der Waals surface area (Å²) in [6, 6.07) is 50.5. The lowest BCUT2D eigenvalue weighted by Gasteiger charge is -2.06. The molecule has 0 amide bonds. The molecular formula is C60H30N4. The van der Waals surface area contributed by atoms with Crippen molar-refractivity contribution in [3.8, 4) is 94.4 Å². The molecule has 2 aliphatic rings. The van der Waals surface area contributed by atoms with Gasteiger partial charge < -0.3 is 9.97 Å². The van der Waals surface area contributed by atoms with E-state index in [1.807, 2.05) is 48.5 Å². The van der Waals surface area contributed by atoms with Crippen LogP contribution in [-0.2, 0) is 0 Å². The van der Waals surface area contributed by atoms with Crippen LogP contribution in [0.25, 0.3) is 132 Å². The zero-order chi connectivity index (χ0) is 42.8. The number of terminal acetylenes is 4. The maximum absolute atomic E-state index is 6.70. The van der Waals surface area contributed by atoms with Crippen molar-refractivity contribution in [2.75, 3.05) is 0 Å². The fourth-order valence-corrected chi connectivity index (χ4v) is 10.1. The zero-order valence-electron chi connectivity index (χ0n) is 34.1. The summed E-state index contributed by atoms with van der Waals surface area (Å²) in [7, 11) is 0. The normalized spacial score (nSPS) is 11.7. The van der Waals surface area contributed by atoms with Crippen molar-refractivity contribution >= 4 is 86.7 Å². The van der Waals surface area contributed by atoms with E-state index in [-0.39, 0.29) is 0 Å². The van der Waals surface area contributed by atoms with E-state index in [0.717, 1.165) is 109 Å². The lowest BCUT2D eigenvalue weighted by atomic mass is 9.94. The summed E-state index contributed by atoms with van der Waals surface area (Å²) in [5.41, 5.74) is 11.2. The van der Waals surface area contributed by atoms with Crippen molar-refractivity contribution in [1.29, 1.82) is 0 Å². The molecule has 64 heavy (non-hydrogen) atoms. The third-order valence-corrected chi connectivity index (χ3v) is 13.1. The summed E-state index contributed by atoms with van der Waals surface area (Å²) in [6.07, 6.45) is 26.8. The molecule has 0 fully saturated rings.